The second-order valence-electron chi connectivity index (χ2n) is 24.6. The molecule has 0 aromatic carbocycles. The Kier molecular flexibility index (Phi) is 16.6. The Labute approximate surface area is 437 Å². The second-order valence-corrected chi connectivity index (χ2v) is 24.6. The minimum Gasteiger partial charge on any atom is -0.458 e. The molecule has 0 aromatic heterocycles. The van der Waals surface area contributed by atoms with Gasteiger partial charge in [0.25, 0.3) is 0 Å². The number of cyclic esters (lactones) is 1. The lowest BCUT2D eigenvalue weighted by Gasteiger charge is -2.64. The summed E-state index contributed by atoms with van der Waals surface area (Å²) in [6.07, 6.45) is -19.6. The Balaban J connectivity index is 0.868. The van der Waals surface area contributed by atoms with E-state index >= 15 is 0 Å². The molecule has 0 radical (unpaired) electrons. The van der Waals surface area contributed by atoms with Gasteiger partial charge in [-0.2, -0.15) is 0 Å². The van der Waals surface area contributed by atoms with Gasteiger partial charge in [-0.05, 0) is 88.4 Å². The van der Waals surface area contributed by atoms with Crippen LogP contribution in [0.15, 0.2) is 23.3 Å². The minimum absolute atomic E-state index is 0.0243. The molecule has 5 aliphatic heterocycles. The first-order valence-corrected chi connectivity index (χ1v) is 26.9. The molecule has 8 fully saturated rings. The highest BCUT2D eigenvalue weighted by molar-refractivity contribution is 5.83. The summed E-state index contributed by atoms with van der Waals surface area (Å²) in [5, 5.41) is 120. The van der Waals surface area contributed by atoms with E-state index in [1.807, 2.05) is 26.8 Å². The van der Waals surface area contributed by atoms with Crippen molar-refractivity contribution < 1.29 is 108 Å². The van der Waals surface area contributed by atoms with E-state index < -0.39 is 164 Å². The lowest BCUT2D eigenvalue weighted by Crippen LogP contribution is -2.66. The summed E-state index contributed by atoms with van der Waals surface area (Å²) in [5.41, 5.74) is -0.181. The van der Waals surface area contributed by atoms with Crippen LogP contribution in [0.4, 0.5) is 0 Å². The van der Waals surface area contributed by atoms with Gasteiger partial charge in [-0.1, -0.05) is 51.0 Å². The van der Waals surface area contributed by atoms with Crippen molar-refractivity contribution >= 4 is 5.97 Å². The van der Waals surface area contributed by atoms with Crippen molar-refractivity contribution in [1.29, 1.82) is 0 Å². The van der Waals surface area contributed by atoms with E-state index in [-0.39, 0.29) is 35.7 Å². The molecule has 3 saturated carbocycles. The smallest absolute Gasteiger partial charge is 0.313 e. The van der Waals surface area contributed by atoms with Crippen molar-refractivity contribution in [1.82, 2.24) is 0 Å². The molecule has 22 nitrogen and oxygen atoms in total. The van der Waals surface area contributed by atoms with E-state index in [4.69, 9.17) is 47.4 Å². The fraction of sp³-hybridized carbons (Fsp3) is 0.906. The Morgan fingerprint density at radius 3 is 1.99 bits per heavy atom. The Morgan fingerprint density at radius 1 is 0.680 bits per heavy atom. The zero-order valence-electron chi connectivity index (χ0n) is 44.3. The van der Waals surface area contributed by atoms with Gasteiger partial charge in [-0.3, -0.25) is 4.79 Å². The molecule has 0 amide bonds. The fourth-order valence-corrected chi connectivity index (χ4v) is 15.8. The average Bonchev–Trinajstić information content (AvgIpc) is 3.79. The normalized spacial score (nSPS) is 51.9. The summed E-state index contributed by atoms with van der Waals surface area (Å²) in [5.74, 6) is 0.146. The number of carbonyl (C=O) groups excluding carboxylic acids is 1. The number of carbonyl (C=O) groups is 1. The average molecular weight is 1070 g/mol. The maximum Gasteiger partial charge on any atom is 0.313 e. The van der Waals surface area contributed by atoms with Crippen molar-refractivity contribution in [3.05, 3.63) is 23.3 Å². The van der Waals surface area contributed by atoms with Crippen molar-refractivity contribution in [3.8, 4) is 0 Å². The summed E-state index contributed by atoms with van der Waals surface area (Å²) in [7, 11) is 1.22. The molecule has 9 rings (SSSR count). The summed E-state index contributed by atoms with van der Waals surface area (Å²) in [6.45, 7) is 12.6. The first-order valence-electron chi connectivity index (χ1n) is 26.9. The molecule has 5 heterocycles. The van der Waals surface area contributed by atoms with Gasteiger partial charge in [0.15, 0.2) is 25.2 Å². The molecule has 9 aliphatic rings. The van der Waals surface area contributed by atoms with Crippen LogP contribution in [0.2, 0.25) is 0 Å². The van der Waals surface area contributed by atoms with Gasteiger partial charge in [0.2, 0.25) is 0 Å². The van der Waals surface area contributed by atoms with Crippen LogP contribution in [-0.4, -0.2) is 224 Å². The maximum atomic E-state index is 14.4. The molecule has 27 atom stereocenters. The topological polar surface area (TPSA) is 332 Å². The van der Waals surface area contributed by atoms with Gasteiger partial charge in [-0.25, -0.2) is 0 Å². The fourth-order valence-electron chi connectivity index (χ4n) is 15.8. The summed E-state index contributed by atoms with van der Waals surface area (Å²) in [4.78, 5) is 14.4. The van der Waals surface area contributed by atoms with E-state index in [1.165, 1.54) is 12.7 Å². The highest BCUT2D eigenvalue weighted by Gasteiger charge is 2.76. The molecule has 0 unspecified atom stereocenters. The standard InChI is InChI=1S/C53H84O22/c1-23(2)17-24(56)18-52(7)32-12-15-51(6)26-9-10-31-49(3,4)33(13-14-50(31,5)25(26)11-16-53(32,51)48(65)75-52)71-47-43(34(59)27(57)21-68-47)74-45-37(62)36(61)41(30(20-55)70-45)73-44-38(63)40(28(58)22-67-44)72-46-39(64)42(66-8)35(60)29(19-54)69-46/h9,17,24-25,27-47,54-64H,10-16,18-22H2,1-8H3/t24-,25-,27-,28-,29-,30-,31+,32-,33+,34+,35-,36-,37-,38-,39-,40+,41-,42+,43-,44+,45+,46+,47+,50-,51+,52+,53-/m1/s1. The lowest BCUT2D eigenvalue weighted by atomic mass is 9.41. The number of allylic oxidation sites excluding steroid dienone is 3. The van der Waals surface area contributed by atoms with Crippen LogP contribution >= 0.6 is 0 Å². The van der Waals surface area contributed by atoms with E-state index in [0.717, 1.165) is 37.7 Å². The van der Waals surface area contributed by atoms with Gasteiger partial charge < -0.3 is 104 Å². The largest absolute Gasteiger partial charge is 0.458 e. The second kappa shape index (κ2) is 21.6. The van der Waals surface area contributed by atoms with Crippen LogP contribution in [0, 0.1) is 39.4 Å². The Hall–Kier alpha value is -1.85. The molecule has 0 aromatic rings. The zero-order valence-corrected chi connectivity index (χ0v) is 44.3. The third kappa shape index (κ3) is 9.62. The van der Waals surface area contributed by atoms with Crippen molar-refractivity contribution in [3.63, 3.8) is 0 Å². The van der Waals surface area contributed by atoms with Gasteiger partial charge in [0.1, 0.15) is 91.1 Å². The van der Waals surface area contributed by atoms with E-state index in [0.29, 0.717) is 19.3 Å². The Bertz CT molecular complexity index is 2090. The summed E-state index contributed by atoms with van der Waals surface area (Å²) in [6, 6.07) is 0. The van der Waals surface area contributed by atoms with Crippen molar-refractivity contribution in [2.24, 2.45) is 39.4 Å². The van der Waals surface area contributed by atoms with E-state index in [1.54, 1.807) is 0 Å². The van der Waals surface area contributed by atoms with Gasteiger partial charge in [0, 0.05) is 24.9 Å². The first-order chi connectivity index (χ1) is 35.3. The van der Waals surface area contributed by atoms with Crippen LogP contribution in [0.25, 0.3) is 0 Å². The summed E-state index contributed by atoms with van der Waals surface area (Å²) < 4.78 is 59.3. The number of aliphatic hydroxyl groups excluding tert-OH is 11. The van der Waals surface area contributed by atoms with Gasteiger partial charge in [-0.15, -0.1) is 0 Å². The number of hydrogen-bond donors (Lipinski definition) is 11. The number of aliphatic hydroxyl groups is 11. The van der Waals surface area contributed by atoms with E-state index in [9.17, 15) is 61.0 Å². The summed E-state index contributed by atoms with van der Waals surface area (Å²) >= 11 is 0. The number of fused-ring (bicyclic) bond motifs is 4. The minimum atomic E-state index is -1.93. The highest BCUT2D eigenvalue weighted by Crippen LogP contribution is 2.76. The van der Waals surface area contributed by atoms with Gasteiger partial charge in [0.05, 0.1) is 44.1 Å². The highest BCUT2D eigenvalue weighted by atomic mass is 16.8. The number of esters is 1. The lowest BCUT2D eigenvalue weighted by molar-refractivity contribution is -0.385. The molecule has 22 heteroatoms. The van der Waals surface area contributed by atoms with Crippen LogP contribution < -0.4 is 0 Å². The molecule has 75 heavy (non-hydrogen) atoms. The molecular formula is C53H84O22. The van der Waals surface area contributed by atoms with Crippen LogP contribution in [-0.2, 0) is 52.2 Å². The van der Waals surface area contributed by atoms with Crippen molar-refractivity contribution in [2.75, 3.05) is 33.5 Å². The quantitative estimate of drug-likeness (QED) is 0.0749. The molecule has 4 aliphatic carbocycles. The zero-order chi connectivity index (χ0) is 54.5. The number of methoxy groups -OCH3 is 1. The Morgan fingerprint density at radius 2 is 1.31 bits per heavy atom. The first kappa shape index (κ1) is 57.8. The molecule has 1 spiro atoms. The molecule has 11 N–H and O–H groups in total. The van der Waals surface area contributed by atoms with Crippen molar-refractivity contribution in [2.45, 2.75) is 228 Å². The van der Waals surface area contributed by atoms with Crippen LogP contribution in [0.3, 0.4) is 0 Å². The van der Waals surface area contributed by atoms with Gasteiger partial charge >= 0.3 is 5.97 Å². The monoisotopic (exact) mass is 1070 g/mol. The molecular weight excluding hydrogens is 989 g/mol. The molecule has 5 saturated heterocycles. The third-order valence-corrected chi connectivity index (χ3v) is 19.7. The number of ether oxygens (including phenoxy) is 10. The predicted octanol–water partition coefficient (Wildman–Crippen LogP) is -0.806. The van der Waals surface area contributed by atoms with E-state index in [2.05, 4.69) is 33.8 Å². The number of hydrogen-bond acceptors (Lipinski definition) is 22. The SMILES string of the molecule is CO[C@@H]1[C@@H](O)[C@H](O[C@@H]2[C@@H](O)[C@H](O[C@H]3[C@H](O)[C@@H](O)[C@H](O[C@H]4[C@H](O[C@H]5CC[C@]6(C)[C@@H]7CC[C@]89C(=O)O[C@@](C)(C[C@H](O)C=C(C)C)[C@H]8CC[C@@]9(C)C7=CC[C@H]6C5(C)C)OC[C@@H](O)[C@@H]4O)O[C@@H]3CO)OC[C@H]2O)O[C@H](CO)[C@H]1O. The van der Waals surface area contributed by atoms with Crippen LogP contribution in [0.1, 0.15) is 99.8 Å². The van der Waals surface area contributed by atoms with Crippen LogP contribution in [0.5, 0.6) is 0 Å². The third-order valence-electron chi connectivity index (χ3n) is 19.7. The number of rotatable bonds is 14. The molecule has 428 valence electrons. The predicted molar refractivity (Wildman–Crippen MR) is 257 cm³/mol. The maximum absolute atomic E-state index is 14.4. The molecule has 0 bridgehead atoms.